The number of rotatable bonds is 4. The lowest BCUT2D eigenvalue weighted by Crippen LogP contribution is -2.42. The van der Waals surface area contributed by atoms with E-state index in [0.717, 1.165) is 11.1 Å². The summed E-state index contributed by atoms with van der Waals surface area (Å²) in [6.45, 7) is 7.84. The van der Waals surface area contributed by atoms with Crippen molar-refractivity contribution >= 4 is 35.0 Å². The minimum atomic E-state index is -1.20. The first-order chi connectivity index (χ1) is 19.0. The third-order valence-electron chi connectivity index (χ3n) is 6.00. The monoisotopic (exact) mass is 527 g/mol. The van der Waals surface area contributed by atoms with Crippen molar-refractivity contribution in [3.05, 3.63) is 89.6 Å². The fraction of sp³-hybridized carbons (Fsp3) is 0.276. The molecule has 4 N–H and O–H groups in total. The predicted molar refractivity (Wildman–Crippen MR) is 154 cm³/mol. The van der Waals surface area contributed by atoms with Crippen molar-refractivity contribution < 1.29 is 14.3 Å². The van der Waals surface area contributed by atoms with Gasteiger partial charge in [0.05, 0.1) is 29.7 Å². The van der Waals surface area contributed by atoms with Gasteiger partial charge in [0.15, 0.2) is 0 Å². The van der Waals surface area contributed by atoms with Crippen LogP contribution in [0.15, 0.2) is 82.9 Å². The highest BCUT2D eigenvalue weighted by Crippen LogP contribution is 2.25. The molecule has 10 heteroatoms. The largest absolute Gasteiger partial charge is 0.407 e. The number of carbonyl (C=O) groups is 1. The van der Waals surface area contributed by atoms with Crippen molar-refractivity contribution in [3.63, 3.8) is 0 Å². The van der Waals surface area contributed by atoms with E-state index < -0.39 is 12.1 Å². The number of fused-ring (bicyclic) bond motifs is 1. The molecule has 1 aromatic heterocycles. The molecule has 1 fully saturated rings. The summed E-state index contributed by atoms with van der Waals surface area (Å²) in [5.41, 5.74) is 9.36. The van der Waals surface area contributed by atoms with Gasteiger partial charge in [-0.3, -0.25) is 10.2 Å². The molecular formula is C29H33N7O3. The van der Waals surface area contributed by atoms with Crippen molar-refractivity contribution in [1.82, 2.24) is 4.98 Å². The van der Waals surface area contributed by atoms with Gasteiger partial charge >= 0.3 is 0 Å². The van der Waals surface area contributed by atoms with Gasteiger partial charge in [0, 0.05) is 30.4 Å². The second-order valence-corrected chi connectivity index (χ2v) is 8.65. The smallest absolute Gasteiger partial charge is 0.291 e. The first-order valence-electron chi connectivity index (χ1n) is 12.9. The third kappa shape index (κ3) is 6.47. The SMILES string of the molecule is CC.CC1CN(c2ncccc2C(=N)O/C(N)=N/C2N=C(c3ccccc3)c3ccccc3NC2=O)CCO1. The van der Waals surface area contributed by atoms with E-state index >= 15 is 0 Å². The Kier molecular flexibility index (Phi) is 9.01. The lowest BCUT2D eigenvalue weighted by molar-refractivity contribution is -0.117. The van der Waals surface area contributed by atoms with Gasteiger partial charge in [0.2, 0.25) is 12.1 Å². The highest BCUT2D eigenvalue weighted by molar-refractivity contribution is 6.19. The number of aromatic nitrogens is 1. The van der Waals surface area contributed by atoms with Crippen LogP contribution in [0.4, 0.5) is 11.5 Å². The van der Waals surface area contributed by atoms with Crippen molar-refractivity contribution in [1.29, 1.82) is 5.41 Å². The number of nitrogens with two attached hydrogens (primary N) is 1. The first-order valence-corrected chi connectivity index (χ1v) is 12.9. The Morgan fingerprint density at radius 2 is 1.87 bits per heavy atom. The van der Waals surface area contributed by atoms with Crippen LogP contribution in [-0.2, 0) is 14.3 Å². The summed E-state index contributed by atoms with van der Waals surface area (Å²) < 4.78 is 11.2. The molecule has 0 aliphatic carbocycles. The van der Waals surface area contributed by atoms with Gasteiger partial charge in [-0.05, 0) is 25.1 Å². The zero-order valence-electron chi connectivity index (χ0n) is 22.3. The first kappa shape index (κ1) is 27.5. The lowest BCUT2D eigenvalue weighted by atomic mass is 10.0. The van der Waals surface area contributed by atoms with Crippen LogP contribution in [0.5, 0.6) is 0 Å². The average Bonchev–Trinajstić information content (AvgIpc) is 3.10. The Morgan fingerprint density at radius 1 is 1.13 bits per heavy atom. The van der Waals surface area contributed by atoms with Gasteiger partial charge in [-0.1, -0.05) is 62.4 Å². The number of amidine groups is 1. The molecule has 0 bridgehead atoms. The van der Waals surface area contributed by atoms with Crippen LogP contribution in [0.25, 0.3) is 0 Å². The van der Waals surface area contributed by atoms with Crippen LogP contribution >= 0.6 is 0 Å². The number of benzodiazepines with no additional fused rings is 1. The number of aliphatic imine (C=N–C) groups is 2. The third-order valence-corrected chi connectivity index (χ3v) is 6.00. The molecule has 3 heterocycles. The number of morpholine rings is 1. The minimum absolute atomic E-state index is 0.0416. The summed E-state index contributed by atoms with van der Waals surface area (Å²) >= 11 is 0. The highest BCUT2D eigenvalue weighted by Gasteiger charge is 2.27. The number of amides is 1. The van der Waals surface area contributed by atoms with Gasteiger partial charge in [0.25, 0.3) is 11.9 Å². The Morgan fingerprint density at radius 3 is 2.64 bits per heavy atom. The summed E-state index contributed by atoms with van der Waals surface area (Å²) in [5, 5.41) is 11.4. The van der Waals surface area contributed by atoms with Crippen molar-refractivity contribution in [2.45, 2.75) is 33.0 Å². The van der Waals surface area contributed by atoms with Crippen molar-refractivity contribution in [2.75, 3.05) is 29.9 Å². The maximum atomic E-state index is 13.0. The molecule has 202 valence electrons. The number of hydrogen-bond donors (Lipinski definition) is 3. The van der Waals surface area contributed by atoms with Crippen LogP contribution in [0.2, 0.25) is 0 Å². The van der Waals surface area contributed by atoms with Crippen LogP contribution < -0.4 is 16.0 Å². The standard InChI is InChI=1S/C27H27N7O3.C2H6/c1-17-16-34(14-15-36-17)25-20(11-7-13-30-25)23(28)37-27(29)33-24-26(35)31-21-12-6-5-10-19(21)22(32-24)18-8-3-2-4-9-18;1-2/h2-13,17,24,28H,14-16H2,1H3,(H2,29,33)(H,31,35);1-2H3. The fourth-order valence-corrected chi connectivity index (χ4v) is 4.30. The Bertz CT molecular complexity index is 1370. The van der Waals surface area contributed by atoms with E-state index in [1.807, 2.05) is 80.3 Å². The van der Waals surface area contributed by atoms with Gasteiger partial charge in [-0.15, -0.1) is 0 Å². The van der Waals surface area contributed by atoms with E-state index in [0.29, 0.717) is 42.5 Å². The molecule has 1 amide bonds. The van der Waals surface area contributed by atoms with Crippen LogP contribution in [0.3, 0.4) is 0 Å². The molecule has 0 saturated carbocycles. The van der Waals surface area contributed by atoms with E-state index in [1.54, 1.807) is 18.3 Å². The summed E-state index contributed by atoms with van der Waals surface area (Å²) in [7, 11) is 0. The van der Waals surface area contributed by atoms with Crippen LogP contribution in [0.1, 0.15) is 37.5 Å². The van der Waals surface area contributed by atoms with Gasteiger partial charge in [-0.2, -0.15) is 4.99 Å². The number of hydrogen-bond acceptors (Lipinski definition) is 8. The lowest BCUT2D eigenvalue weighted by Gasteiger charge is -2.33. The van der Waals surface area contributed by atoms with Gasteiger partial charge in [-0.25, -0.2) is 9.98 Å². The molecule has 2 aliphatic rings. The van der Waals surface area contributed by atoms with E-state index in [9.17, 15) is 4.79 Å². The fourth-order valence-electron chi connectivity index (χ4n) is 4.30. The number of benzene rings is 2. The van der Waals surface area contributed by atoms with E-state index in [1.165, 1.54) is 0 Å². The van der Waals surface area contributed by atoms with Crippen LogP contribution in [-0.4, -0.2) is 60.5 Å². The molecule has 1 saturated heterocycles. The topological polar surface area (TPSA) is 138 Å². The van der Waals surface area contributed by atoms with Gasteiger partial charge in [0.1, 0.15) is 5.82 Å². The summed E-state index contributed by atoms with van der Waals surface area (Å²) in [5.74, 6) is -0.0867. The molecule has 0 radical (unpaired) electrons. The number of pyridine rings is 1. The molecule has 2 unspecified atom stereocenters. The van der Waals surface area contributed by atoms with Crippen molar-refractivity contribution in [3.8, 4) is 0 Å². The van der Waals surface area contributed by atoms with E-state index in [-0.39, 0.29) is 18.0 Å². The minimum Gasteiger partial charge on any atom is -0.407 e. The average molecular weight is 528 g/mol. The quantitative estimate of drug-likeness (QED) is 0.348. The Labute approximate surface area is 228 Å². The van der Waals surface area contributed by atoms with Gasteiger partial charge < -0.3 is 25.4 Å². The van der Waals surface area contributed by atoms with E-state index in [2.05, 4.69) is 20.3 Å². The zero-order valence-corrected chi connectivity index (χ0v) is 22.3. The second-order valence-electron chi connectivity index (χ2n) is 8.65. The maximum absolute atomic E-state index is 13.0. The highest BCUT2D eigenvalue weighted by atomic mass is 16.5. The number of carbonyl (C=O) groups excluding carboxylic acids is 1. The second kappa shape index (κ2) is 12.8. The summed E-state index contributed by atoms with van der Waals surface area (Å²) in [6, 6.07) is 20.1. The molecule has 2 atom stereocenters. The molecule has 0 spiro atoms. The Hall–Kier alpha value is -4.57. The number of ether oxygens (including phenoxy) is 2. The summed E-state index contributed by atoms with van der Waals surface area (Å²) in [4.78, 5) is 28.4. The van der Waals surface area contributed by atoms with Crippen LogP contribution in [0, 0.1) is 5.41 Å². The molecule has 2 aromatic carbocycles. The number of nitrogens with one attached hydrogen (secondary N) is 2. The van der Waals surface area contributed by atoms with Crippen molar-refractivity contribution in [2.24, 2.45) is 15.7 Å². The maximum Gasteiger partial charge on any atom is 0.291 e. The number of anilines is 2. The zero-order chi connectivity index (χ0) is 27.8. The normalized spacial score (nSPS) is 18.9. The molecule has 39 heavy (non-hydrogen) atoms. The molecular weight excluding hydrogens is 494 g/mol. The number of para-hydroxylation sites is 1. The molecule has 10 nitrogen and oxygen atoms in total. The molecule has 3 aromatic rings. The Balaban J connectivity index is 0.00000172. The molecule has 2 aliphatic heterocycles. The van der Waals surface area contributed by atoms with E-state index in [4.69, 9.17) is 20.6 Å². The summed E-state index contributed by atoms with van der Waals surface area (Å²) in [6.07, 6.45) is 0.501. The number of nitrogens with zero attached hydrogens (tertiary/aromatic N) is 4. The predicted octanol–water partition coefficient (Wildman–Crippen LogP) is 3.81. The molecule has 5 rings (SSSR count).